The van der Waals surface area contributed by atoms with Gasteiger partial charge in [-0.05, 0) is 44.2 Å². The van der Waals surface area contributed by atoms with Crippen LogP contribution in [0.3, 0.4) is 0 Å². The molecule has 0 atom stereocenters. The summed E-state index contributed by atoms with van der Waals surface area (Å²) in [7, 11) is 0. The maximum Gasteiger partial charge on any atom is 0.319 e. The zero-order valence-corrected chi connectivity index (χ0v) is 11.4. The van der Waals surface area contributed by atoms with Gasteiger partial charge in [-0.1, -0.05) is 0 Å². The second kappa shape index (κ2) is 6.36. The monoisotopic (exact) mass is 277 g/mol. The number of amides is 2. The molecule has 1 aromatic heterocycles. The number of aryl methyl sites for hydroxylation is 1. The van der Waals surface area contributed by atoms with Gasteiger partial charge in [0.2, 0.25) is 0 Å². The van der Waals surface area contributed by atoms with Gasteiger partial charge in [-0.2, -0.15) is 0 Å². The lowest BCUT2D eigenvalue weighted by Crippen LogP contribution is -2.41. The number of hydrogen-bond acceptors (Lipinski definition) is 3. The molecule has 1 aliphatic rings. The average molecular weight is 277 g/mol. The maximum absolute atomic E-state index is 11.8. The van der Waals surface area contributed by atoms with Crippen molar-refractivity contribution in [2.75, 3.05) is 5.32 Å². The fourth-order valence-corrected chi connectivity index (χ4v) is 2.46. The van der Waals surface area contributed by atoms with Gasteiger partial charge in [0, 0.05) is 12.2 Å². The molecule has 0 spiro atoms. The first-order valence-electron chi connectivity index (χ1n) is 6.76. The number of hydrogen-bond donors (Lipinski definition) is 3. The van der Waals surface area contributed by atoms with E-state index in [1.807, 2.05) is 13.0 Å². The number of carboxylic acids is 1. The van der Waals surface area contributed by atoms with Gasteiger partial charge in [0.25, 0.3) is 0 Å². The van der Waals surface area contributed by atoms with E-state index in [4.69, 9.17) is 5.11 Å². The van der Waals surface area contributed by atoms with E-state index in [1.165, 1.54) is 0 Å². The lowest BCUT2D eigenvalue weighted by molar-refractivity contribution is -0.142. The van der Waals surface area contributed by atoms with Gasteiger partial charge in [0.15, 0.2) is 0 Å². The van der Waals surface area contributed by atoms with Crippen molar-refractivity contribution in [2.24, 2.45) is 5.92 Å². The van der Waals surface area contributed by atoms with Crippen LogP contribution in [0.5, 0.6) is 0 Å². The molecule has 1 saturated carbocycles. The number of nitrogens with zero attached hydrogens (tertiary/aromatic N) is 1. The van der Waals surface area contributed by atoms with Crippen molar-refractivity contribution < 1.29 is 14.7 Å². The number of urea groups is 1. The Hall–Kier alpha value is -2.11. The van der Waals surface area contributed by atoms with E-state index in [0.29, 0.717) is 31.4 Å². The molecule has 6 heteroatoms. The van der Waals surface area contributed by atoms with Crippen LogP contribution < -0.4 is 10.6 Å². The fraction of sp³-hybridized carbons (Fsp3) is 0.500. The van der Waals surface area contributed by atoms with Crippen LogP contribution in [0.1, 0.15) is 31.2 Å². The van der Waals surface area contributed by atoms with Gasteiger partial charge in [-0.3, -0.25) is 9.78 Å². The van der Waals surface area contributed by atoms with Gasteiger partial charge in [0.05, 0.1) is 17.8 Å². The minimum atomic E-state index is -0.737. The molecule has 0 unspecified atom stereocenters. The highest BCUT2D eigenvalue weighted by Crippen LogP contribution is 2.24. The van der Waals surface area contributed by atoms with Gasteiger partial charge < -0.3 is 15.7 Å². The standard InChI is InChI=1S/C14H19N3O3/c1-9-6-12(8-15-7-9)17-14(20)16-11-4-2-10(3-5-11)13(18)19/h6-8,10-11H,2-5H2,1H3,(H,18,19)(H2,16,17,20). The van der Waals surface area contributed by atoms with E-state index in [1.54, 1.807) is 12.4 Å². The summed E-state index contributed by atoms with van der Waals surface area (Å²) in [5, 5.41) is 14.5. The van der Waals surface area contributed by atoms with Crippen molar-refractivity contribution >= 4 is 17.7 Å². The first-order chi connectivity index (χ1) is 9.54. The summed E-state index contributed by atoms with van der Waals surface area (Å²) in [6, 6.07) is 1.62. The van der Waals surface area contributed by atoms with Crippen LogP contribution in [0.25, 0.3) is 0 Å². The molecule has 0 saturated heterocycles. The molecule has 1 heterocycles. The van der Waals surface area contributed by atoms with E-state index in [2.05, 4.69) is 15.6 Å². The second-order valence-corrected chi connectivity index (χ2v) is 5.24. The molecule has 0 radical (unpaired) electrons. The number of aromatic nitrogens is 1. The molecule has 1 fully saturated rings. The van der Waals surface area contributed by atoms with Crippen LogP contribution >= 0.6 is 0 Å². The Morgan fingerprint density at radius 3 is 2.55 bits per heavy atom. The predicted molar refractivity (Wildman–Crippen MR) is 74.5 cm³/mol. The van der Waals surface area contributed by atoms with Crippen LogP contribution in [-0.2, 0) is 4.79 Å². The third-order valence-electron chi connectivity index (χ3n) is 3.54. The van der Waals surface area contributed by atoms with Crippen LogP contribution in [0.15, 0.2) is 18.5 Å². The summed E-state index contributed by atoms with van der Waals surface area (Å²) in [5.74, 6) is -1.00. The number of carbonyl (C=O) groups excluding carboxylic acids is 1. The molecule has 2 rings (SSSR count). The molecule has 20 heavy (non-hydrogen) atoms. The van der Waals surface area contributed by atoms with Crippen molar-refractivity contribution in [1.82, 2.24) is 10.3 Å². The lowest BCUT2D eigenvalue weighted by Gasteiger charge is -2.26. The molecule has 3 N–H and O–H groups in total. The summed E-state index contributed by atoms with van der Waals surface area (Å²) >= 11 is 0. The minimum absolute atomic E-state index is 0.0448. The zero-order chi connectivity index (χ0) is 14.5. The third kappa shape index (κ3) is 3.94. The Morgan fingerprint density at radius 1 is 1.25 bits per heavy atom. The smallest absolute Gasteiger partial charge is 0.319 e. The number of anilines is 1. The number of carbonyl (C=O) groups is 2. The van der Waals surface area contributed by atoms with Crippen LogP contribution in [-0.4, -0.2) is 28.1 Å². The normalized spacial score (nSPS) is 22.1. The highest BCUT2D eigenvalue weighted by molar-refractivity contribution is 5.89. The fourth-order valence-electron chi connectivity index (χ4n) is 2.46. The van der Waals surface area contributed by atoms with Gasteiger partial charge in [-0.15, -0.1) is 0 Å². The molecular formula is C14H19N3O3. The lowest BCUT2D eigenvalue weighted by atomic mass is 9.86. The predicted octanol–water partition coefficient (Wildman–Crippen LogP) is 2.15. The molecule has 108 valence electrons. The SMILES string of the molecule is Cc1cncc(NC(=O)NC2CCC(C(=O)O)CC2)c1. The van der Waals surface area contributed by atoms with Crippen molar-refractivity contribution in [1.29, 1.82) is 0 Å². The first-order valence-corrected chi connectivity index (χ1v) is 6.76. The van der Waals surface area contributed by atoms with Crippen LogP contribution in [0.4, 0.5) is 10.5 Å². The van der Waals surface area contributed by atoms with E-state index in [9.17, 15) is 9.59 Å². The number of nitrogens with one attached hydrogen (secondary N) is 2. The summed E-state index contributed by atoms with van der Waals surface area (Å²) in [5.41, 5.74) is 1.63. The number of aliphatic carboxylic acids is 1. The number of pyridine rings is 1. The first kappa shape index (κ1) is 14.3. The molecular weight excluding hydrogens is 258 g/mol. The summed E-state index contributed by atoms with van der Waals surface area (Å²) in [6.45, 7) is 1.91. The largest absolute Gasteiger partial charge is 0.481 e. The highest BCUT2D eigenvalue weighted by atomic mass is 16.4. The Kier molecular flexibility index (Phi) is 4.55. The van der Waals surface area contributed by atoms with Crippen molar-refractivity contribution in [3.8, 4) is 0 Å². The van der Waals surface area contributed by atoms with Gasteiger partial charge in [-0.25, -0.2) is 4.79 Å². The molecule has 1 aliphatic carbocycles. The van der Waals surface area contributed by atoms with Gasteiger partial charge >= 0.3 is 12.0 Å². The van der Waals surface area contributed by atoms with Crippen LogP contribution in [0, 0.1) is 12.8 Å². The minimum Gasteiger partial charge on any atom is -0.481 e. The summed E-state index contributed by atoms with van der Waals surface area (Å²) in [6.07, 6.45) is 5.95. The van der Waals surface area contributed by atoms with E-state index >= 15 is 0 Å². The third-order valence-corrected chi connectivity index (χ3v) is 3.54. The Balaban J connectivity index is 1.80. The number of carboxylic acid groups (broad SMARTS) is 1. The maximum atomic E-state index is 11.8. The summed E-state index contributed by atoms with van der Waals surface area (Å²) < 4.78 is 0. The van der Waals surface area contributed by atoms with Crippen molar-refractivity contribution in [3.63, 3.8) is 0 Å². The van der Waals surface area contributed by atoms with Crippen molar-refractivity contribution in [3.05, 3.63) is 24.0 Å². The van der Waals surface area contributed by atoms with E-state index in [-0.39, 0.29) is 18.0 Å². The molecule has 2 amide bonds. The average Bonchev–Trinajstić information content (AvgIpc) is 2.39. The molecule has 0 aliphatic heterocycles. The highest BCUT2D eigenvalue weighted by Gasteiger charge is 2.26. The molecule has 0 aromatic carbocycles. The van der Waals surface area contributed by atoms with Crippen LogP contribution in [0.2, 0.25) is 0 Å². The molecule has 6 nitrogen and oxygen atoms in total. The van der Waals surface area contributed by atoms with Crippen molar-refractivity contribution in [2.45, 2.75) is 38.6 Å². The second-order valence-electron chi connectivity index (χ2n) is 5.24. The molecule has 1 aromatic rings. The van der Waals surface area contributed by atoms with Gasteiger partial charge in [0.1, 0.15) is 0 Å². The van der Waals surface area contributed by atoms with E-state index < -0.39 is 5.97 Å². The van der Waals surface area contributed by atoms with E-state index in [0.717, 1.165) is 5.56 Å². The molecule has 0 bridgehead atoms. The number of rotatable bonds is 3. The topological polar surface area (TPSA) is 91.3 Å². The zero-order valence-electron chi connectivity index (χ0n) is 11.4. The Morgan fingerprint density at radius 2 is 1.95 bits per heavy atom. The Bertz CT molecular complexity index is 496. The quantitative estimate of drug-likeness (QED) is 0.789. The Labute approximate surface area is 117 Å². The summed E-state index contributed by atoms with van der Waals surface area (Å²) in [4.78, 5) is 26.7.